The third-order valence-electron chi connectivity index (χ3n) is 4.60. The van der Waals surface area contributed by atoms with E-state index in [1.54, 1.807) is 12.1 Å². The summed E-state index contributed by atoms with van der Waals surface area (Å²) in [6, 6.07) is 22.4. The lowest BCUT2D eigenvalue weighted by molar-refractivity contribution is -0.118. The van der Waals surface area contributed by atoms with Gasteiger partial charge >= 0.3 is 0 Å². The normalized spacial score (nSPS) is 11.4. The molecule has 0 aliphatic carbocycles. The zero-order valence-corrected chi connectivity index (χ0v) is 18.4. The van der Waals surface area contributed by atoms with Crippen molar-refractivity contribution in [1.82, 2.24) is 4.98 Å². The van der Waals surface area contributed by atoms with E-state index in [4.69, 9.17) is 4.74 Å². The van der Waals surface area contributed by atoms with E-state index in [9.17, 15) is 13.2 Å². The van der Waals surface area contributed by atoms with E-state index in [0.29, 0.717) is 27.5 Å². The molecule has 1 heterocycles. The average molecular weight is 453 g/mol. The van der Waals surface area contributed by atoms with Gasteiger partial charge < -0.3 is 4.74 Å². The van der Waals surface area contributed by atoms with Crippen molar-refractivity contribution in [2.24, 2.45) is 0 Å². The highest BCUT2D eigenvalue weighted by Gasteiger charge is 2.13. The van der Waals surface area contributed by atoms with E-state index in [2.05, 4.69) is 10.3 Å². The molecule has 0 spiro atoms. The van der Waals surface area contributed by atoms with Crippen molar-refractivity contribution in [2.75, 3.05) is 18.2 Å². The topological polar surface area (TPSA) is 85.4 Å². The molecule has 8 heteroatoms. The fourth-order valence-electron chi connectivity index (χ4n) is 3.09. The van der Waals surface area contributed by atoms with Crippen LogP contribution in [0.15, 0.2) is 77.7 Å². The molecule has 4 aromatic rings. The van der Waals surface area contributed by atoms with Crippen molar-refractivity contribution in [2.45, 2.75) is 11.3 Å². The van der Waals surface area contributed by atoms with Crippen LogP contribution in [0, 0.1) is 0 Å². The third-order valence-corrected chi connectivity index (χ3v) is 6.65. The third kappa shape index (κ3) is 5.28. The van der Waals surface area contributed by atoms with Gasteiger partial charge in [0.05, 0.1) is 15.1 Å². The van der Waals surface area contributed by atoms with Gasteiger partial charge in [0.2, 0.25) is 0 Å². The standard InChI is InChI=1S/C23H20N2O4S2/c1-31(27,28)18-11-12-19-21(14-18)30-23(24-19)25-22(26)15-29-20-10-6-5-9-17(20)13-16-7-3-2-4-8-16/h2-12,14H,13,15H2,1H3,(H,24,25,26). The molecule has 0 unspecified atom stereocenters. The first kappa shape index (κ1) is 21.0. The SMILES string of the molecule is CS(=O)(=O)c1ccc2nc(NC(=O)COc3ccccc3Cc3ccccc3)sc2c1. The summed E-state index contributed by atoms with van der Waals surface area (Å²) in [5.41, 5.74) is 2.78. The number of rotatable bonds is 7. The molecule has 4 rings (SSSR count). The lowest BCUT2D eigenvalue weighted by Gasteiger charge is -2.11. The summed E-state index contributed by atoms with van der Waals surface area (Å²) >= 11 is 1.22. The quantitative estimate of drug-likeness (QED) is 0.452. The Labute approximate surface area is 184 Å². The number of nitrogens with one attached hydrogen (secondary N) is 1. The lowest BCUT2D eigenvalue weighted by atomic mass is 10.0. The molecule has 0 atom stereocenters. The second kappa shape index (κ2) is 8.87. The molecule has 0 saturated carbocycles. The summed E-state index contributed by atoms with van der Waals surface area (Å²) in [6.07, 6.45) is 1.87. The van der Waals surface area contributed by atoms with Crippen LogP contribution in [0.2, 0.25) is 0 Å². The fourth-order valence-corrected chi connectivity index (χ4v) is 4.74. The van der Waals surface area contributed by atoms with Gasteiger partial charge in [-0.1, -0.05) is 59.9 Å². The summed E-state index contributed by atoms with van der Waals surface area (Å²) in [5.74, 6) is 0.320. The van der Waals surface area contributed by atoms with Crippen LogP contribution in [-0.2, 0) is 21.1 Å². The number of carbonyl (C=O) groups excluding carboxylic acids is 1. The minimum atomic E-state index is -3.30. The van der Waals surface area contributed by atoms with Gasteiger partial charge in [0.25, 0.3) is 5.91 Å². The molecule has 1 amide bonds. The summed E-state index contributed by atoms with van der Waals surface area (Å²) < 4.78 is 29.9. The molecular formula is C23H20N2O4S2. The van der Waals surface area contributed by atoms with Crippen LogP contribution in [0.3, 0.4) is 0 Å². The predicted octanol–water partition coefficient (Wildman–Crippen LogP) is 4.31. The van der Waals surface area contributed by atoms with Crippen LogP contribution in [0.25, 0.3) is 10.2 Å². The Balaban J connectivity index is 1.42. The molecule has 6 nitrogen and oxygen atoms in total. The minimum absolute atomic E-state index is 0.156. The Morgan fingerprint density at radius 2 is 1.77 bits per heavy atom. The number of sulfone groups is 1. The fraction of sp³-hybridized carbons (Fsp3) is 0.130. The number of para-hydroxylation sites is 1. The number of fused-ring (bicyclic) bond motifs is 1. The smallest absolute Gasteiger partial charge is 0.264 e. The van der Waals surface area contributed by atoms with E-state index < -0.39 is 9.84 Å². The van der Waals surface area contributed by atoms with Crippen LogP contribution < -0.4 is 10.1 Å². The zero-order valence-electron chi connectivity index (χ0n) is 16.7. The molecule has 0 aliphatic heterocycles. The number of anilines is 1. The molecule has 158 valence electrons. The van der Waals surface area contributed by atoms with E-state index in [0.717, 1.165) is 17.4 Å². The minimum Gasteiger partial charge on any atom is -0.483 e. The molecule has 0 aliphatic rings. The highest BCUT2D eigenvalue weighted by molar-refractivity contribution is 7.90. The molecule has 0 saturated heterocycles. The summed E-state index contributed by atoms with van der Waals surface area (Å²) in [5, 5.41) is 3.12. The number of thiazole rings is 1. The van der Waals surface area contributed by atoms with E-state index in [1.165, 1.54) is 17.4 Å². The lowest BCUT2D eigenvalue weighted by Crippen LogP contribution is -2.20. The number of hydrogen-bond acceptors (Lipinski definition) is 6. The average Bonchev–Trinajstić information content (AvgIpc) is 3.14. The molecule has 3 aromatic carbocycles. The first-order chi connectivity index (χ1) is 14.9. The number of nitrogens with zero attached hydrogens (tertiary/aromatic N) is 1. The van der Waals surface area contributed by atoms with Crippen molar-refractivity contribution in [3.63, 3.8) is 0 Å². The first-order valence-corrected chi connectivity index (χ1v) is 12.2. The molecular weight excluding hydrogens is 432 g/mol. The monoisotopic (exact) mass is 452 g/mol. The maximum Gasteiger partial charge on any atom is 0.264 e. The maximum atomic E-state index is 12.4. The maximum absolute atomic E-state index is 12.4. The number of amides is 1. The van der Waals surface area contributed by atoms with Gasteiger partial charge in [-0.15, -0.1) is 0 Å². The molecule has 1 N–H and O–H groups in total. The number of carbonyl (C=O) groups is 1. The molecule has 0 radical (unpaired) electrons. The highest BCUT2D eigenvalue weighted by atomic mass is 32.2. The van der Waals surface area contributed by atoms with Crippen molar-refractivity contribution in [3.8, 4) is 5.75 Å². The van der Waals surface area contributed by atoms with Crippen molar-refractivity contribution >= 4 is 42.4 Å². The van der Waals surface area contributed by atoms with Crippen LogP contribution >= 0.6 is 11.3 Å². The van der Waals surface area contributed by atoms with Gasteiger partial charge in [-0.05, 0) is 35.4 Å². The molecule has 31 heavy (non-hydrogen) atoms. The Bertz CT molecular complexity index is 1330. The molecule has 0 fully saturated rings. The van der Waals surface area contributed by atoms with E-state index in [1.807, 2.05) is 54.6 Å². The summed E-state index contributed by atoms with van der Waals surface area (Å²) in [4.78, 5) is 17.0. The van der Waals surface area contributed by atoms with Gasteiger partial charge in [-0.25, -0.2) is 13.4 Å². The second-order valence-corrected chi connectivity index (χ2v) is 10.1. The number of hydrogen-bond donors (Lipinski definition) is 1. The van der Waals surface area contributed by atoms with Gasteiger partial charge in [0.1, 0.15) is 5.75 Å². The summed E-state index contributed by atoms with van der Waals surface area (Å²) in [6.45, 7) is -0.156. The summed E-state index contributed by atoms with van der Waals surface area (Å²) in [7, 11) is -3.30. The van der Waals surface area contributed by atoms with Crippen molar-refractivity contribution < 1.29 is 17.9 Å². The number of benzene rings is 3. The predicted molar refractivity (Wildman–Crippen MR) is 123 cm³/mol. The Hall–Kier alpha value is -3.23. The number of ether oxygens (including phenoxy) is 1. The van der Waals surface area contributed by atoms with Crippen LogP contribution in [0.5, 0.6) is 5.75 Å². The van der Waals surface area contributed by atoms with Crippen LogP contribution in [-0.4, -0.2) is 32.2 Å². The van der Waals surface area contributed by atoms with E-state index >= 15 is 0 Å². The van der Waals surface area contributed by atoms with Crippen molar-refractivity contribution in [3.05, 3.63) is 83.9 Å². The van der Waals surface area contributed by atoms with E-state index in [-0.39, 0.29) is 17.4 Å². The number of aromatic nitrogens is 1. The molecule has 0 bridgehead atoms. The highest BCUT2D eigenvalue weighted by Crippen LogP contribution is 2.28. The largest absolute Gasteiger partial charge is 0.483 e. The van der Waals surface area contributed by atoms with Gasteiger partial charge in [0.15, 0.2) is 21.6 Å². The Kier molecular flexibility index (Phi) is 6.01. The van der Waals surface area contributed by atoms with Crippen LogP contribution in [0.4, 0.5) is 5.13 Å². The molecule has 1 aromatic heterocycles. The Morgan fingerprint density at radius 3 is 2.55 bits per heavy atom. The first-order valence-electron chi connectivity index (χ1n) is 9.53. The second-order valence-electron chi connectivity index (χ2n) is 7.03. The Morgan fingerprint density at radius 1 is 1.03 bits per heavy atom. The van der Waals surface area contributed by atoms with Crippen LogP contribution in [0.1, 0.15) is 11.1 Å². The van der Waals surface area contributed by atoms with Gasteiger partial charge in [-0.3, -0.25) is 10.1 Å². The van der Waals surface area contributed by atoms with Crippen molar-refractivity contribution in [1.29, 1.82) is 0 Å². The van der Waals surface area contributed by atoms with Gasteiger partial charge in [-0.2, -0.15) is 0 Å². The zero-order chi connectivity index (χ0) is 21.8. The van der Waals surface area contributed by atoms with Gasteiger partial charge in [0, 0.05) is 12.7 Å².